The molecular weight excluding hydrogens is 326 g/mol. The first-order chi connectivity index (χ1) is 12.3. The minimum absolute atomic E-state index is 0.0658. The van der Waals surface area contributed by atoms with Crippen molar-refractivity contribution in [2.24, 2.45) is 17.8 Å². The number of aromatic nitrogens is 1. The van der Waals surface area contributed by atoms with Crippen LogP contribution in [0.25, 0.3) is 0 Å². The Labute approximate surface area is 158 Å². The van der Waals surface area contributed by atoms with Gasteiger partial charge in [0.1, 0.15) is 0 Å². The van der Waals surface area contributed by atoms with Crippen molar-refractivity contribution in [3.8, 4) is 0 Å². The molecule has 5 nitrogen and oxygen atoms in total. The molecule has 1 saturated carbocycles. The van der Waals surface area contributed by atoms with Crippen LogP contribution in [0.2, 0.25) is 0 Å². The summed E-state index contributed by atoms with van der Waals surface area (Å²) in [5.41, 5.74) is 0.370. The molecule has 2 rings (SSSR count). The van der Waals surface area contributed by atoms with E-state index in [4.69, 9.17) is 0 Å². The van der Waals surface area contributed by atoms with Gasteiger partial charge in [0.25, 0.3) is 0 Å². The maximum atomic E-state index is 12.3. The van der Waals surface area contributed by atoms with Crippen LogP contribution in [0.5, 0.6) is 0 Å². The molecule has 1 heterocycles. The van der Waals surface area contributed by atoms with E-state index in [1.165, 1.54) is 5.56 Å². The number of aryl methyl sites for hydroxylation is 1. The Balaban J connectivity index is 1.79. The van der Waals surface area contributed by atoms with Crippen LogP contribution >= 0.6 is 0 Å². The summed E-state index contributed by atoms with van der Waals surface area (Å²) in [6.07, 6.45) is 8.30. The molecule has 1 aromatic heterocycles. The number of carbonyl (C=O) groups excluding carboxylic acids is 1. The molecule has 4 atom stereocenters. The van der Waals surface area contributed by atoms with Crippen molar-refractivity contribution < 1.29 is 9.90 Å². The highest BCUT2D eigenvalue weighted by Crippen LogP contribution is 2.40. The maximum Gasteiger partial charge on any atom is 0.315 e. The van der Waals surface area contributed by atoms with Crippen LogP contribution in [0.3, 0.4) is 0 Å². The van der Waals surface area contributed by atoms with E-state index in [0.717, 1.165) is 32.1 Å². The van der Waals surface area contributed by atoms with E-state index < -0.39 is 5.60 Å². The third-order valence-electron chi connectivity index (χ3n) is 5.69. The van der Waals surface area contributed by atoms with Crippen molar-refractivity contribution in [3.05, 3.63) is 30.1 Å². The molecule has 0 bridgehead atoms. The van der Waals surface area contributed by atoms with Gasteiger partial charge in [-0.3, -0.25) is 4.98 Å². The number of aliphatic hydroxyl groups is 1. The summed E-state index contributed by atoms with van der Waals surface area (Å²) in [7, 11) is 0. The van der Waals surface area contributed by atoms with Crippen LogP contribution in [-0.4, -0.2) is 34.3 Å². The van der Waals surface area contributed by atoms with Gasteiger partial charge < -0.3 is 15.7 Å². The molecule has 3 N–H and O–H groups in total. The second-order valence-corrected chi connectivity index (χ2v) is 8.47. The number of nitrogens with one attached hydrogen (secondary N) is 2. The van der Waals surface area contributed by atoms with Crippen molar-refractivity contribution in [1.29, 1.82) is 0 Å². The average molecular weight is 362 g/mol. The Kier molecular flexibility index (Phi) is 7.44. The summed E-state index contributed by atoms with van der Waals surface area (Å²) < 4.78 is 0. The summed E-state index contributed by atoms with van der Waals surface area (Å²) in [5, 5.41) is 17.1. The summed E-state index contributed by atoms with van der Waals surface area (Å²) in [5.74, 6) is 1.15. The minimum Gasteiger partial charge on any atom is -0.388 e. The van der Waals surface area contributed by atoms with Crippen molar-refractivity contribution in [3.63, 3.8) is 0 Å². The highest BCUT2D eigenvalue weighted by atomic mass is 16.3. The largest absolute Gasteiger partial charge is 0.388 e. The molecule has 1 aliphatic carbocycles. The Morgan fingerprint density at radius 2 is 2.15 bits per heavy atom. The number of pyridine rings is 1. The lowest BCUT2D eigenvalue weighted by molar-refractivity contribution is -0.0762. The zero-order valence-electron chi connectivity index (χ0n) is 16.7. The number of hydrogen-bond acceptors (Lipinski definition) is 3. The fourth-order valence-corrected chi connectivity index (χ4v) is 4.26. The maximum absolute atomic E-state index is 12.3. The Hall–Kier alpha value is -1.62. The molecular formula is C21H35N3O2. The second-order valence-electron chi connectivity index (χ2n) is 8.47. The first kappa shape index (κ1) is 20.7. The first-order valence-electron chi connectivity index (χ1n) is 9.96. The van der Waals surface area contributed by atoms with Crippen molar-refractivity contribution in [2.45, 2.75) is 71.4 Å². The molecule has 0 aromatic carbocycles. The van der Waals surface area contributed by atoms with Gasteiger partial charge in [-0.2, -0.15) is 0 Å². The summed E-state index contributed by atoms with van der Waals surface area (Å²) in [4.78, 5) is 16.4. The van der Waals surface area contributed by atoms with Gasteiger partial charge in [0.15, 0.2) is 0 Å². The zero-order chi connectivity index (χ0) is 19.2. The highest BCUT2D eigenvalue weighted by Gasteiger charge is 2.42. The van der Waals surface area contributed by atoms with Gasteiger partial charge in [-0.1, -0.05) is 33.3 Å². The van der Waals surface area contributed by atoms with Crippen LogP contribution < -0.4 is 10.6 Å². The van der Waals surface area contributed by atoms with E-state index >= 15 is 0 Å². The molecule has 1 unspecified atom stereocenters. The first-order valence-corrected chi connectivity index (χ1v) is 9.96. The third-order valence-corrected chi connectivity index (χ3v) is 5.69. The summed E-state index contributed by atoms with van der Waals surface area (Å²) in [6.45, 7) is 8.83. The average Bonchev–Trinajstić information content (AvgIpc) is 2.59. The Morgan fingerprint density at radius 1 is 1.38 bits per heavy atom. The summed E-state index contributed by atoms with van der Waals surface area (Å²) >= 11 is 0. The molecule has 0 saturated heterocycles. The van der Waals surface area contributed by atoms with Gasteiger partial charge in [0, 0.05) is 25.0 Å². The smallest absolute Gasteiger partial charge is 0.315 e. The van der Waals surface area contributed by atoms with Crippen molar-refractivity contribution in [1.82, 2.24) is 15.6 Å². The van der Waals surface area contributed by atoms with Crippen molar-refractivity contribution in [2.75, 3.05) is 6.54 Å². The molecule has 0 spiro atoms. The van der Waals surface area contributed by atoms with Gasteiger partial charge in [-0.25, -0.2) is 4.79 Å². The lowest BCUT2D eigenvalue weighted by Crippen LogP contribution is -2.55. The Morgan fingerprint density at radius 3 is 2.81 bits per heavy atom. The second kappa shape index (κ2) is 9.36. The van der Waals surface area contributed by atoms with E-state index in [2.05, 4.69) is 36.4 Å². The standard InChI is InChI=1S/C21H35N3O2/c1-15(2)19-10-7-16(3)12-21(19,26)14-23-20(25)24-17(4)8-9-18-6-5-11-22-13-18/h5-6,11,13,15-17,19,26H,7-10,12,14H2,1-4H3,(H2,23,24,25)/t16-,17?,19+,21+/m1/s1. The lowest BCUT2D eigenvalue weighted by atomic mass is 9.67. The van der Waals surface area contributed by atoms with Crippen LogP contribution in [0.4, 0.5) is 4.79 Å². The molecule has 2 amide bonds. The quantitative estimate of drug-likeness (QED) is 0.695. The normalized spacial score (nSPS) is 27.2. The van der Waals surface area contributed by atoms with E-state index in [1.54, 1.807) is 6.20 Å². The number of amides is 2. The highest BCUT2D eigenvalue weighted by molar-refractivity contribution is 5.74. The van der Waals surface area contributed by atoms with Crippen LogP contribution in [-0.2, 0) is 6.42 Å². The van der Waals surface area contributed by atoms with E-state index in [-0.39, 0.29) is 18.0 Å². The number of carbonyl (C=O) groups is 1. The number of rotatable bonds is 7. The van der Waals surface area contributed by atoms with Crippen molar-refractivity contribution >= 4 is 6.03 Å². The van der Waals surface area contributed by atoms with E-state index in [9.17, 15) is 9.90 Å². The molecule has 0 aliphatic heterocycles. The number of hydrogen-bond donors (Lipinski definition) is 3. The fourth-order valence-electron chi connectivity index (χ4n) is 4.26. The van der Waals surface area contributed by atoms with Gasteiger partial charge >= 0.3 is 6.03 Å². The van der Waals surface area contributed by atoms with Crippen LogP contribution in [0.15, 0.2) is 24.5 Å². The number of urea groups is 1. The van der Waals surface area contributed by atoms with Crippen LogP contribution in [0.1, 0.15) is 58.9 Å². The molecule has 0 radical (unpaired) electrons. The van der Waals surface area contributed by atoms with Gasteiger partial charge in [0.05, 0.1) is 5.60 Å². The van der Waals surface area contributed by atoms with Gasteiger partial charge in [-0.05, 0) is 62.0 Å². The van der Waals surface area contributed by atoms with Crippen LogP contribution in [0, 0.1) is 17.8 Å². The van der Waals surface area contributed by atoms with Gasteiger partial charge in [0.2, 0.25) is 0 Å². The van der Waals surface area contributed by atoms with E-state index in [1.807, 2.05) is 25.3 Å². The predicted molar refractivity (Wildman–Crippen MR) is 105 cm³/mol. The molecule has 1 aromatic rings. The lowest BCUT2D eigenvalue weighted by Gasteiger charge is -2.44. The van der Waals surface area contributed by atoms with Gasteiger partial charge in [-0.15, -0.1) is 0 Å². The topological polar surface area (TPSA) is 74.2 Å². The molecule has 26 heavy (non-hydrogen) atoms. The van der Waals surface area contributed by atoms with E-state index in [0.29, 0.717) is 18.4 Å². The monoisotopic (exact) mass is 361 g/mol. The molecule has 1 aliphatic rings. The number of nitrogens with zero attached hydrogens (tertiary/aromatic N) is 1. The zero-order valence-corrected chi connectivity index (χ0v) is 16.7. The molecule has 1 fully saturated rings. The summed E-state index contributed by atoms with van der Waals surface area (Å²) in [6, 6.07) is 3.84. The SMILES string of the molecule is CC(CCc1cccnc1)NC(=O)NC[C@@]1(O)C[C@H](C)CC[C@H]1C(C)C. The molecule has 5 heteroatoms. The fraction of sp³-hybridized carbons (Fsp3) is 0.714. The molecule has 146 valence electrons. The Bertz CT molecular complexity index is 564. The third kappa shape index (κ3) is 5.97. The predicted octanol–water partition coefficient (Wildman–Crippen LogP) is 3.53. The minimum atomic E-state index is -0.803.